The second-order valence-electron chi connectivity index (χ2n) is 4.77. The van der Waals surface area contributed by atoms with E-state index in [0.717, 1.165) is 19.4 Å². The number of oxazole rings is 1. The van der Waals surface area contributed by atoms with E-state index in [1.54, 1.807) is 18.2 Å². The molecular formula is C13H16ClN3O3. The second-order valence-corrected chi connectivity index (χ2v) is 4.77. The van der Waals surface area contributed by atoms with Gasteiger partial charge in [-0.1, -0.05) is 0 Å². The van der Waals surface area contributed by atoms with Crippen LogP contribution in [-0.4, -0.2) is 23.5 Å². The number of amides is 1. The van der Waals surface area contributed by atoms with Gasteiger partial charge in [0.15, 0.2) is 5.58 Å². The van der Waals surface area contributed by atoms with Crippen LogP contribution in [0.25, 0.3) is 11.1 Å². The predicted molar refractivity (Wildman–Crippen MR) is 78.4 cm³/mol. The number of benzene rings is 1. The van der Waals surface area contributed by atoms with E-state index in [1.807, 2.05) is 0 Å². The lowest BCUT2D eigenvalue weighted by atomic mass is 10.1. The summed E-state index contributed by atoms with van der Waals surface area (Å²) in [5.41, 5.74) is 1.73. The Hall–Kier alpha value is -1.79. The van der Waals surface area contributed by atoms with Gasteiger partial charge in [-0.15, -0.1) is 12.4 Å². The van der Waals surface area contributed by atoms with Crippen LogP contribution in [-0.2, 0) is 4.79 Å². The molecule has 0 spiro atoms. The van der Waals surface area contributed by atoms with Crippen molar-refractivity contribution in [1.29, 1.82) is 0 Å². The summed E-state index contributed by atoms with van der Waals surface area (Å²) in [6.07, 6.45) is 2.64. The van der Waals surface area contributed by atoms with Crippen molar-refractivity contribution in [3.8, 4) is 0 Å². The number of carbonyl (C=O) groups is 1. The fourth-order valence-corrected chi connectivity index (χ4v) is 2.40. The largest absolute Gasteiger partial charge is 0.417 e. The Bertz CT molecular complexity index is 658. The summed E-state index contributed by atoms with van der Waals surface area (Å²) in [4.78, 5) is 25.5. The number of carbonyl (C=O) groups excluding carboxylic acids is 1. The normalized spacial score (nSPS) is 17.9. The molecule has 6 nitrogen and oxygen atoms in total. The number of H-pyrrole nitrogens is 1. The molecule has 1 saturated heterocycles. The number of anilines is 1. The van der Waals surface area contributed by atoms with E-state index in [-0.39, 0.29) is 24.4 Å². The minimum atomic E-state index is -0.492. The molecule has 0 aliphatic carbocycles. The lowest BCUT2D eigenvalue weighted by Gasteiger charge is -2.10. The van der Waals surface area contributed by atoms with E-state index < -0.39 is 5.76 Å². The lowest BCUT2D eigenvalue weighted by molar-refractivity contribution is -0.116. The molecule has 108 valence electrons. The smallest absolute Gasteiger partial charge is 0.408 e. The SMILES string of the molecule is Cl.O=C(CC1CCCN1)Nc1ccc2oc(=O)[nH]c2c1. The van der Waals surface area contributed by atoms with Crippen LogP contribution < -0.4 is 16.4 Å². The fraction of sp³-hybridized carbons (Fsp3) is 0.385. The molecule has 0 bridgehead atoms. The Labute approximate surface area is 121 Å². The summed E-state index contributed by atoms with van der Waals surface area (Å²) in [6, 6.07) is 5.35. The van der Waals surface area contributed by atoms with Crippen molar-refractivity contribution >= 4 is 35.1 Å². The molecule has 20 heavy (non-hydrogen) atoms. The van der Waals surface area contributed by atoms with Gasteiger partial charge in [-0.25, -0.2) is 4.79 Å². The molecule has 1 aromatic carbocycles. The number of hydrogen-bond acceptors (Lipinski definition) is 4. The average molecular weight is 298 g/mol. The molecule has 1 aliphatic heterocycles. The van der Waals surface area contributed by atoms with Gasteiger partial charge in [0.05, 0.1) is 5.52 Å². The first-order valence-electron chi connectivity index (χ1n) is 6.37. The number of fused-ring (bicyclic) bond motifs is 1. The van der Waals surface area contributed by atoms with Crippen LogP contribution in [0.1, 0.15) is 19.3 Å². The topological polar surface area (TPSA) is 87.1 Å². The number of nitrogens with one attached hydrogen (secondary N) is 3. The van der Waals surface area contributed by atoms with E-state index >= 15 is 0 Å². The highest BCUT2D eigenvalue weighted by Gasteiger charge is 2.17. The van der Waals surface area contributed by atoms with Crippen LogP contribution >= 0.6 is 12.4 Å². The number of aromatic amines is 1. The van der Waals surface area contributed by atoms with Gasteiger partial charge >= 0.3 is 5.76 Å². The summed E-state index contributed by atoms with van der Waals surface area (Å²) < 4.78 is 4.90. The van der Waals surface area contributed by atoms with E-state index in [4.69, 9.17) is 4.42 Å². The summed E-state index contributed by atoms with van der Waals surface area (Å²) in [5, 5.41) is 6.11. The van der Waals surface area contributed by atoms with Gasteiger partial charge in [-0.05, 0) is 37.6 Å². The zero-order chi connectivity index (χ0) is 13.2. The molecule has 2 aromatic rings. The highest BCUT2D eigenvalue weighted by atomic mass is 35.5. The van der Waals surface area contributed by atoms with Gasteiger partial charge in [0.1, 0.15) is 0 Å². The van der Waals surface area contributed by atoms with Gasteiger partial charge in [-0.2, -0.15) is 0 Å². The number of halogens is 1. The van der Waals surface area contributed by atoms with E-state index in [1.165, 1.54) is 0 Å². The minimum Gasteiger partial charge on any atom is -0.408 e. The zero-order valence-electron chi connectivity index (χ0n) is 10.8. The van der Waals surface area contributed by atoms with E-state index in [0.29, 0.717) is 23.2 Å². The van der Waals surface area contributed by atoms with Gasteiger partial charge < -0.3 is 15.1 Å². The number of aromatic nitrogens is 1. The summed E-state index contributed by atoms with van der Waals surface area (Å²) in [7, 11) is 0. The van der Waals surface area contributed by atoms with Crippen LogP contribution in [0.3, 0.4) is 0 Å². The summed E-state index contributed by atoms with van der Waals surface area (Å²) >= 11 is 0. The molecule has 0 saturated carbocycles. The molecule has 3 rings (SSSR count). The van der Waals surface area contributed by atoms with Crippen molar-refractivity contribution in [2.75, 3.05) is 11.9 Å². The number of rotatable bonds is 3. The van der Waals surface area contributed by atoms with Gasteiger partial charge in [0, 0.05) is 18.2 Å². The monoisotopic (exact) mass is 297 g/mol. The Morgan fingerprint density at radius 3 is 3.05 bits per heavy atom. The molecule has 7 heteroatoms. The van der Waals surface area contributed by atoms with Gasteiger partial charge in [0.25, 0.3) is 0 Å². The van der Waals surface area contributed by atoms with Crippen molar-refractivity contribution < 1.29 is 9.21 Å². The number of hydrogen-bond donors (Lipinski definition) is 3. The predicted octanol–water partition coefficient (Wildman–Crippen LogP) is 1.62. The van der Waals surface area contributed by atoms with Crippen LogP contribution in [0.5, 0.6) is 0 Å². The van der Waals surface area contributed by atoms with Crippen LogP contribution in [0, 0.1) is 0 Å². The molecule has 1 aliphatic rings. The van der Waals surface area contributed by atoms with E-state index in [9.17, 15) is 9.59 Å². The fourth-order valence-electron chi connectivity index (χ4n) is 2.40. The third-order valence-corrected chi connectivity index (χ3v) is 3.30. The maximum absolute atomic E-state index is 11.9. The minimum absolute atomic E-state index is 0. The van der Waals surface area contributed by atoms with Gasteiger partial charge in [0.2, 0.25) is 5.91 Å². The molecule has 1 aromatic heterocycles. The average Bonchev–Trinajstić information content (AvgIpc) is 2.96. The Morgan fingerprint density at radius 1 is 1.45 bits per heavy atom. The molecule has 1 fully saturated rings. The van der Waals surface area contributed by atoms with Crippen LogP contribution in [0.2, 0.25) is 0 Å². The Morgan fingerprint density at radius 2 is 2.30 bits per heavy atom. The van der Waals surface area contributed by atoms with Crippen molar-refractivity contribution in [1.82, 2.24) is 10.3 Å². The highest BCUT2D eigenvalue weighted by Crippen LogP contribution is 2.17. The molecule has 1 amide bonds. The van der Waals surface area contributed by atoms with Crippen molar-refractivity contribution in [2.45, 2.75) is 25.3 Å². The van der Waals surface area contributed by atoms with Crippen LogP contribution in [0.4, 0.5) is 5.69 Å². The third kappa shape index (κ3) is 3.20. The molecule has 0 radical (unpaired) electrons. The van der Waals surface area contributed by atoms with Crippen molar-refractivity contribution in [3.63, 3.8) is 0 Å². The first-order valence-corrected chi connectivity index (χ1v) is 6.37. The first-order chi connectivity index (χ1) is 9.20. The van der Waals surface area contributed by atoms with Gasteiger partial charge in [-0.3, -0.25) is 9.78 Å². The second kappa shape index (κ2) is 6.11. The third-order valence-electron chi connectivity index (χ3n) is 3.30. The Balaban J connectivity index is 0.00000147. The standard InChI is InChI=1S/C13H15N3O3.ClH/c17-12(7-8-2-1-5-14-8)15-9-3-4-11-10(6-9)16-13(18)19-11;/h3-4,6,8,14H,1-2,5,7H2,(H,15,17)(H,16,18);1H. The maximum Gasteiger partial charge on any atom is 0.417 e. The Kier molecular flexibility index (Phi) is 4.46. The summed E-state index contributed by atoms with van der Waals surface area (Å²) in [5.74, 6) is -0.516. The zero-order valence-corrected chi connectivity index (χ0v) is 11.6. The lowest BCUT2D eigenvalue weighted by Crippen LogP contribution is -2.27. The quantitative estimate of drug-likeness (QED) is 0.803. The van der Waals surface area contributed by atoms with Crippen molar-refractivity contribution in [3.05, 3.63) is 28.7 Å². The molecule has 1 atom stereocenters. The first kappa shape index (κ1) is 14.6. The molecule has 3 N–H and O–H groups in total. The summed E-state index contributed by atoms with van der Waals surface area (Å²) in [6.45, 7) is 0.986. The molecular weight excluding hydrogens is 282 g/mol. The van der Waals surface area contributed by atoms with Crippen LogP contribution in [0.15, 0.2) is 27.4 Å². The van der Waals surface area contributed by atoms with Crippen molar-refractivity contribution in [2.24, 2.45) is 0 Å². The molecule has 1 unspecified atom stereocenters. The highest BCUT2D eigenvalue weighted by molar-refractivity contribution is 5.93. The van der Waals surface area contributed by atoms with E-state index in [2.05, 4.69) is 15.6 Å². The molecule has 2 heterocycles. The maximum atomic E-state index is 11.9.